The normalized spacial score (nSPS) is 16.6. The number of amides is 1. The third-order valence-corrected chi connectivity index (χ3v) is 5.28. The average Bonchev–Trinajstić information content (AvgIpc) is 2.99. The molecule has 0 saturated carbocycles. The number of aromatic nitrogens is 2. The topological polar surface area (TPSA) is 75.4 Å². The van der Waals surface area contributed by atoms with Crippen LogP contribution in [0, 0.1) is 0 Å². The summed E-state index contributed by atoms with van der Waals surface area (Å²) in [5.41, 5.74) is 7.27. The molecule has 2 aromatic rings. The average molecular weight is 359 g/mol. The van der Waals surface area contributed by atoms with Gasteiger partial charge >= 0.3 is 0 Å². The molecule has 6 nitrogen and oxygen atoms in total. The molecule has 1 atom stereocenters. The van der Waals surface area contributed by atoms with Crippen molar-refractivity contribution < 1.29 is 4.79 Å². The molecule has 1 aromatic heterocycles. The molecule has 3 rings (SSSR count). The molecule has 2 heterocycles. The van der Waals surface area contributed by atoms with Gasteiger partial charge in [0.2, 0.25) is 11.0 Å². The minimum absolute atomic E-state index is 0.0391. The maximum atomic E-state index is 12.7. The van der Waals surface area contributed by atoms with Gasteiger partial charge in [0.05, 0.1) is 6.04 Å². The second-order valence-corrected chi connectivity index (χ2v) is 7.04. The Kier molecular flexibility index (Phi) is 5.99. The van der Waals surface area contributed by atoms with Gasteiger partial charge in [-0.25, -0.2) is 4.98 Å². The zero-order valence-corrected chi connectivity index (χ0v) is 15.4. The maximum Gasteiger partial charge on any atom is 0.239 e. The summed E-state index contributed by atoms with van der Waals surface area (Å²) in [7, 11) is 0. The quantitative estimate of drug-likeness (QED) is 0.880. The van der Waals surface area contributed by atoms with Crippen LogP contribution < -0.4 is 10.6 Å². The predicted molar refractivity (Wildman–Crippen MR) is 101 cm³/mol. The van der Waals surface area contributed by atoms with Crippen LogP contribution in [0.15, 0.2) is 30.3 Å². The number of carbonyl (C=O) groups is 1. The number of hydrogen-bond acceptors (Lipinski definition) is 6. The van der Waals surface area contributed by atoms with Crippen molar-refractivity contribution in [3.05, 3.63) is 41.7 Å². The van der Waals surface area contributed by atoms with Gasteiger partial charge in [-0.15, -0.1) is 0 Å². The molecule has 1 aliphatic rings. The minimum atomic E-state index is -0.484. The zero-order valence-electron chi connectivity index (χ0n) is 14.6. The monoisotopic (exact) mass is 359 g/mol. The fourth-order valence-electron chi connectivity index (χ4n) is 3.04. The molecular weight excluding hydrogens is 334 g/mol. The van der Waals surface area contributed by atoms with Crippen LogP contribution in [0.1, 0.15) is 24.7 Å². The maximum absolute atomic E-state index is 12.7. The lowest BCUT2D eigenvalue weighted by atomic mass is 10.1. The third-order valence-electron chi connectivity index (χ3n) is 4.47. The van der Waals surface area contributed by atoms with Gasteiger partial charge in [0.1, 0.15) is 5.82 Å². The number of benzene rings is 1. The standard InChI is InChI=1S/C18H25N5OS/c1-2-16-20-18(25-21-16)23-10-6-9-22(11-12-23)17(24)15(19)13-14-7-4-3-5-8-14/h3-5,7-8,15H,2,6,9-13,19H2,1H3. The number of aryl methyl sites for hydroxylation is 1. The van der Waals surface area contributed by atoms with Crippen LogP contribution in [0.5, 0.6) is 0 Å². The third kappa shape index (κ3) is 4.55. The Bertz CT molecular complexity index is 690. The van der Waals surface area contributed by atoms with E-state index in [1.807, 2.05) is 35.2 Å². The lowest BCUT2D eigenvalue weighted by Crippen LogP contribution is -2.46. The van der Waals surface area contributed by atoms with Gasteiger partial charge in [-0.3, -0.25) is 4.79 Å². The molecule has 25 heavy (non-hydrogen) atoms. The van der Waals surface area contributed by atoms with E-state index < -0.39 is 6.04 Å². The largest absolute Gasteiger partial charge is 0.345 e. The first-order valence-electron chi connectivity index (χ1n) is 8.83. The summed E-state index contributed by atoms with van der Waals surface area (Å²) in [6.45, 7) is 5.17. The molecule has 1 fully saturated rings. The highest BCUT2D eigenvalue weighted by atomic mass is 32.1. The molecule has 0 spiro atoms. The fraction of sp³-hybridized carbons (Fsp3) is 0.500. The lowest BCUT2D eigenvalue weighted by molar-refractivity contribution is -0.132. The van der Waals surface area contributed by atoms with Gasteiger partial charge in [-0.1, -0.05) is 37.3 Å². The second-order valence-electron chi connectivity index (χ2n) is 6.31. The smallest absolute Gasteiger partial charge is 0.239 e. The lowest BCUT2D eigenvalue weighted by Gasteiger charge is -2.24. The summed E-state index contributed by atoms with van der Waals surface area (Å²) < 4.78 is 4.36. The Morgan fingerprint density at radius 2 is 2.04 bits per heavy atom. The Labute approximate surface area is 152 Å². The van der Waals surface area contributed by atoms with E-state index in [9.17, 15) is 4.79 Å². The number of carbonyl (C=O) groups excluding carboxylic acids is 1. The molecule has 1 aliphatic heterocycles. The molecule has 1 aromatic carbocycles. The van der Waals surface area contributed by atoms with Crippen LogP contribution in [0.4, 0.5) is 5.13 Å². The molecule has 1 unspecified atom stereocenters. The number of anilines is 1. The minimum Gasteiger partial charge on any atom is -0.345 e. The fourth-order valence-corrected chi connectivity index (χ4v) is 3.84. The summed E-state index contributed by atoms with van der Waals surface area (Å²) in [6.07, 6.45) is 2.35. The van der Waals surface area contributed by atoms with Crippen LogP contribution in [-0.4, -0.2) is 52.4 Å². The first kappa shape index (κ1) is 17.8. The van der Waals surface area contributed by atoms with Crippen LogP contribution in [0.2, 0.25) is 0 Å². The Morgan fingerprint density at radius 3 is 2.76 bits per heavy atom. The number of rotatable bonds is 5. The summed E-state index contributed by atoms with van der Waals surface area (Å²) in [4.78, 5) is 21.4. The summed E-state index contributed by atoms with van der Waals surface area (Å²) in [6, 6.07) is 9.46. The van der Waals surface area contributed by atoms with E-state index in [1.165, 1.54) is 11.5 Å². The van der Waals surface area contributed by atoms with Crippen molar-refractivity contribution >= 4 is 22.6 Å². The summed E-state index contributed by atoms with van der Waals surface area (Å²) >= 11 is 1.44. The molecule has 2 N–H and O–H groups in total. The van der Waals surface area contributed by atoms with Crippen LogP contribution >= 0.6 is 11.5 Å². The molecule has 1 saturated heterocycles. The van der Waals surface area contributed by atoms with Crippen molar-refractivity contribution in [3.63, 3.8) is 0 Å². The highest BCUT2D eigenvalue weighted by molar-refractivity contribution is 7.09. The van der Waals surface area contributed by atoms with Gasteiger partial charge in [0.15, 0.2) is 0 Å². The van der Waals surface area contributed by atoms with Crippen LogP contribution in [0.3, 0.4) is 0 Å². The van der Waals surface area contributed by atoms with E-state index in [2.05, 4.69) is 21.2 Å². The molecule has 0 bridgehead atoms. The van der Waals surface area contributed by atoms with E-state index in [1.54, 1.807) is 0 Å². The van der Waals surface area contributed by atoms with Crippen molar-refractivity contribution in [2.24, 2.45) is 5.73 Å². The predicted octanol–water partition coefficient (Wildman–Crippen LogP) is 1.71. The zero-order chi connectivity index (χ0) is 17.6. The van der Waals surface area contributed by atoms with E-state index >= 15 is 0 Å². The van der Waals surface area contributed by atoms with Crippen LogP contribution in [-0.2, 0) is 17.6 Å². The van der Waals surface area contributed by atoms with E-state index in [-0.39, 0.29) is 5.91 Å². The van der Waals surface area contributed by atoms with Gasteiger partial charge in [-0.2, -0.15) is 4.37 Å². The first-order chi connectivity index (χ1) is 12.2. The van der Waals surface area contributed by atoms with Gasteiger partial charge in [-0.05, 0) is 18.4 Å². The second kappa shape index (κ2) is 8.40. The Balaban J connectivity index is 1.57. The molecule has 1 amide bonds. The molecule has 0 radical (unpaired) electrons. The number of nitrogens with two attached hydrogens (primary N) is 1. The van der Waals surface area contributed by atoms with Crippen molar-refractivity contribution in [1.29, 1.82) is 0 Å². The number of hydrogen-bond donors (Lipinski definition) is 1. The first-order valence-corrected chi connectivity index (χ1v) is 9.60. The van der Waals surface area contributed by atoms with Crippen molar-refractivity contribution in [1.82, 2.24) is 14.3 Å². The van der Waals surface area contributed by atoms with Crippen molar-refractivity contribution in [2.45, 2.75) is 32.2 Å². The molecular formula is C18H25N5OS. The molecule has 7 heteroatoms. The van der Waals surface area contributed by atoms with Gasteiger partial charge in [0.25, 0.3) is 0 Å². The van der Waals surface area contributed by atoms with Gasteiger partial charge in [0, 0.05) is 44.1 Å². The number of nitrogens with zero attached hydrogens (tertiary/aromatic N) is 4. The van der Waals surface area contributed by atoms with E-state index in [4.69, 9.17) is 5.73 Å². The molecule has 134 valence electrons. The van der Waals surface area contributed by atoms with Crippen LogP contribution in [0.25, 0.3) is 0 Å². The summed E-state index contributed by atoms with van der Waals surface area (Å²) in [5.74, 6) is 0.930. The Morgan fingerprint density at radius 1 is 1.24 bits per heavy atom. The van der Waals surface area contributed by atoms with Crippen molar-refractivity contribution in [3.8, 4) is 0 Å². The highest BCUT2D eigenvalue weighted by Crippen LogP contribution is 2.19. The summed E-state index contributed by atoms with van der Waals surface area (Å²) in [5, 5.41) is 0.958. The highest BCUT2D eigenvalue weighted by Gasteiger charge is 2.25. The van der Waals surface area contributed by atoms with E-state index in [0.29, 0.717) is 13.0 Å². The van der Waals surface area contributed by atoms with E-state index in [0.717, 1.165) is 49.0 Å². The van der Waals surface area contributed by atoms with Gasteiger partial charge < -0.3 is 15.5 Å². The Hall–Kier alpha value is -1.99. The van der Waals surface area contributed by atoms with Crippen molar-refractivity contribution in [2.75, 3.05) is 31.1 Å². The SMILES string of the molecule is CCc1nsc(N2CCCN(C(=O)C(N)Cc3ccccc3)CC2)n1. The molecule has 0 aliphatic carbocycles.